The number of hydrogen-bond acceptors (Lipinski definition) is 6. The largest absolute Gasteiger partial charge is 0.394 e. The van der Waals surface area contributed by atoms with Crippen LogP contribution in [0.1, 0.15) is 96.8 Å². The maximum atomic E-state index is 11.0. The quantitative estimate of drug-likeness (QED) is 0.173. The Morgan fingerprint density at radius 1 is 0.714 bits per heavy atom. The lowest BCUT2D eigenvalue weighted by molar-refractivity contribution is -0.146. The van der Waals surface area contributed by atoms with Gasteiger partial charge in [-0.05, 0) is 6.42 Å². The first-order chi connectivity index (χ1) is 13.6. The number of hydrogen-bond donors (Lipinski definition) is 4. The number of rotatable bonds is 21. The second-order valence-corrected chi connectivity index (χ2v) is 7.80. The minimum Gasteiger partial charge on any atom is -0.394 e. The molecule has 0 heterocycles. The van der Waals surface area contributed by atoms with Crippen molar-refractivity contribution in [1.29, 1.82) is 0 Å². The van der Waals surface area contributed by atoms with Crippen molar-refractivity contribution < 1.29 is 30.0 Å². The zero-order valence-electron chi connectivity index (χ0n) is 17.8. The van der Waals surface area contributed by atoms with Crippen LogP contribution >= 0.6 is 0 Å². The molecule has 0 aromatic rings. The molecular formula is C22H44O6. The molecule has 0 aliphatic heterocycles. The number of carbonyl (C=O) groups is 1. The van der Waals surface area contributed by atoms with Gasteiger partial charge in [-0.15, -0.1) is 0 Å². The van der Waals surface area contributed by atoms with Crippen molar-refractivity contribution in [3.05, 3.63) is 0 Å². The third-order valence-corrected chi connectivity index (χ3v) is 5.21. The van der Waals surface area contributed by atoms with Gasteiger partial charge in [0.05, 0.1) is 6.61 Å². The zero-order chi connectivity index (χ0) is 21.0. The minimum absolute atomic E-state index is 0.320. The van der Waals surface area contributed by atoms with Gasteiger partial charge in [0.25, 0.3) is 0 Å². The average molecular weight is 405 g/mol. The van der Waals surface area contributed by atoms with Gasteiger partial charge < -0.3 is 30.0 Å². The van der Waals surface area contributed by atoms with Crippen LogP contribution in [0.5, 0.6) is 0 Å². The highest BCUT2D eigenvalue weighted by Gasteiger charge is 2.31. The van der Waals surface area contributed by atoms with E-state index in [1.807, 2.05) is 0 Å². The van der Waals surface area contributed by atoms with Gasteiger partial charge in [-0.1, -0.05) is 90.4 Å². The van der Waals surface area contributed by atoms with Gasteiger partial charge in [0.1, 0.15) is 24.4 Å². The fourth-order valence-corrected chi connectivity index (χ4v) is 3.26. The Morgan fingerprint density at radius 3 is 1.54 bits per heavy atom. The maximum Gasteiger partial charge on any atom is 0.151 e. The van der Waals surface area contributed by atoms with Gasteiger partial charge in [-0.3, -0.25) is 0 Å². The summed E-state index contributed by atoms with van der Waals surface area (Å²) in [7, 11) is 0. The third kappa shape index (κ3) is 14.5. The number of aliphatic hydroxyl groups is 4. The lowest BCUT2D eigenvalue weighted by atomic mass is 10.0. The van der Waals surface area contributed by atoms with E-state index in [1.165, 1.54) is 70.6 Å². The molecule has 6 heteroatoms. The van der Waals surface area contributed by atoms with Crippen LogP contribution in [0.15, 0.2) is 0 Å². The van der Waals surface area contributed by atoms with E-state index in [9.17, 15) is 20.1 Å². The molecule has 0 saturated carbocycles. The van der Waals surface area contributed by atoms with Crippen molar-refractivity contribution >= 4 is 6.29 Å². The Hall–Kier alpha value is -0.530. The predicted molar refractivity (Wildman–Crippen MR) is 111 cm³/mol. The number of carbonyl (C=O) groups excluding carboxylic acids is 1. The standard InChI is InChI=1S/C22H44O6/c1-2-3-4-5-6-7-8-9-10-11-12-13-14-15-16-28-20(18-24)22(27)21(26)19(25)17-23/h18-23,25-27H,2-17H2,1H3/t19-,20-,21-,22-/m1/s1. The highest BCUT2D eigenvalue weighted by molar-refractivity contribution is 5.57. The molecule has 0 rings (SSSR count). The highest BCUT2D eigenvalue weighted by Crippen LogP contribution is 2.13. The van der Waals surface area contributed by atoms with Crippen LogP contribution in [0.3, 0.4) is 0 Å². The molecule has 6 nitrogen and oxygen atoms in total. The van der Waals surface area contributed by atoms with E-state index in [0.717, 1.165) is 19.3 Å². The Kier molecular flexibility index (Phi) is 19.4. The van der Waals surface area contributed by atoms with E-state index >= 15 is 0 Å². The van der Waals surface area contributed by atoms with Crippen LogP contribution in [-0.4, -0.2) is 64.3 Å². The molecule has 0 unspecified atom stereocenters. The Morgan fingerprint density at radius 2 is 1.14 bits per heavy atom. The van der Waals surface area contributed by atoms with Gasteiger partial charge in [-0.2, -0.15) is 0 Å². The van der Waals surface area contributed by atoms with E-state index in [0.29, 0.717) is 12.9 Å². The van der Waals surface area contributed by atoms with Crippen molar-refractivity contribution in [3.63, 3.8) is 0 Å². The average Bonchev–Trinajstić information content (AvgIpc) is 2.72. The molecule has 0 bridgehead atoms. The summed E-state index contributed by atoms with van der Waals surface area (Å²) < 4.78 is 5.31. The predicted octanol–water partition coefficient (Wildman–Crippen LogP) is 3.13. The number of aldehydes is 1. The number of ether oxygens (including phenoxy) is 1. The number of aliphatic hydroxyl groups excluding tert-OH is 4. The number of unbranched alkanes of at least 4 members (excludes halogenated alkanes) is 13. The van der Waals surface area contributed by atoms with Crippen molar-refractivity contribution in [3.8, 4) is 0 Å². The van der Waals surface area contributed by atoms with Gasteiger partial charge >= 0.3 is 0 Å². The molecule has 0 amide bonds. The summed E-state index contributed by atoms with van der Waals surface area (Å²) in [6, 6.07) is 0. The first-order valence-corrected chi connectivity index (χ1v) is 11.3. The molecule has 168 valence electrons. The molecule has 0 saturated heterocycles. The third-order valence-electron chi connectivity index (χ3n) is 5.21. The van der Waals surface area contributed by atoms with E-state index in [1.54, 1.807) is 0 Å². The monoisotopic (exact) mass is 404 g/mol. The van der Waals surface area contributed by atoms with E-state index in [2.05, 4.69) is 6.92 Å². The smallest absolute Gasteiger partial charge is 0.151 e. The lowest BCUT2D eigenvalue weighted by Gasteiger charge is -2.25. The van der Waals surface area contributed by atoms with Crippen molar-refractivity contribution in [2.24, 2.45) is 0 Å². The van der Waals surface area contributed by atoms with Crippen molar-refractivity contribution in [2.75, 3.05) is 13.2 Å². The van der Waals surface area contributed by atoms with E-state index in [4.69, 9.17) is 9.84 Å². The molecule has 0 aliphatic carbocycles. The van der Waals surface area contributed by atoms with Crippen molar-refractivity contribution in [1.82, 2.24) is 0 Å². The lowest BCUT2D eigenvalue weighted by Crippen LogP contribution is -2.47. The Bertz CT molecular complexity index is 339. The van der Waals surface area contributed by atoms with E-state index in [-0.39, 0.29) is 0 Å². The molecule has 0 aliphatic rings. The molecule has 0 aromatic carbocycles. The minimum atomic E-state index is -1.61. The molecule has 0 aromatic heterocycles. The molecular weight excluding hydrogens is 360 g/mol. The van der Waals surface area contributed by atoms with Crippen LogP contribution in [0.2, 0.25) is 0 Å². The van der Waals surface area contributed by atoms with Crippen LogP contribution in [0.4, 0.5) is 0 Å². The topological polar surface area (TPSA) is 107 Å². The van der Waals surface area contributed by atoms with Gasteiger partial charge in [-0.25, -0.2) is 0 Å². The molecule has 0 spiro atoms. The normalized spacial score (nSPS) is 15.9. The second kappa shape index (κ2) is 19.8. The molecule has 0 fully saturated rings. The molecule has 4 N–H and O–H groups in total. The van der Waals surface area contributed by atoms with Crippen LogP contribution in [0.25, 0.3) is 0 Å². The van der Waals surface area contributed by atoms with Crippen LogP contribution < -0.4 is 0 Å². The summed E-state index contributed by atoms with van der Waals surface area (Å²) in [5.74, 6) is 0. The highest BCUT2D eigenvalue weighted by atomic mass is 16.5. The fraction of sp³-hybridized carbons (Fsp3) is 0.955. The van der Waals surface area contributed by atoms with E-state index < -0.39 is 31.0 Å². The molecule has 28 heavy (non-hydrogen) atoms. The first-order valence-electron chi connectivity index (χ1n) is 11.3. The fourth-order valence-electron chi connectivity index (χ4n) is 3.26. The van der Waals surface area contributed by atoms with Gasteiger partial charge in [0.15, 0.2) is 6.29 Å². The van der Waals surface area contributed by atoms with Gasteiger partial charge in [0.2, 0.25) is 0 Å². The van der Waals surface area contributed by atoms with Crippen LogP contribution in [-0.2, 0) is 9.53 Å². The summed E-state index contributed by atoms with van der Waals surface area (Å²) in [6.07, 6.45) is 12.1. The maximum absolute atomic E-state index is 11.0. The first kappa shape index (κ1) is 27.5. The van der Waals surface area contributed by atoms with Crippen LogP contribution in [0, 0.1) is 0 Å². The summed E-state index contributed by atoms with van der Waals surface area (Å²) in [6.45, 7) is 1.88. The summed E-state index contributed by atoms with van der Waals surface area (Å²) in [5.41, 5.74) is 0. The van der Waals surface area contributed by atoms with Crippen molar-refractivity contribution in [2.45, 2.75) is 121 Å². The Balaban J connectivity index is 3.49. The second-order valence-electron chi connectivity index (χ2n) is 7.80. The molecule has 4 atom stereocenters. The Labute approximate surface area is 171 Å². The van der Waals surface area contributed by atoms with Gasteiger partial charge in [0, 0.05) is 6.61 Å². The zero-order valence-corrected chi connectivity index (χ0v) is 17.8. The summed E-state index contributed by atoms with van der Waals surface area (Å²) >= 11 is 0. The summed E-state index contributed by atoms with van der Waals surface area (Å²) in [4.78, 5) is 11.0. The summed E-state index contributed by atoms with van der Waals surface area (Å²) in [5, 5.41) is 37.5. The molecule has 0 radical (unpaired) electrons. The SMILES string of the molecule is CCCCCCCCCCCCCCCCO[C@H](C=O)[C@@H](O)[C@H](O)[C@H](O)CO.